The van der Waals surface area contributed by atoms with Crippen molar-refractivity contribution in [3.8, 4) is 11.6 Å². The van der Waals surface area contributed by atoms with Gasteiger partial charge >= 0.3 is 6.09 Å². The summed E-state index contributed by atoms with van der Waals surface area (Å²) in [4.78, 5) is 16.7. The number of hydrogen-bond donors (Lipinski definition) is 1. The SMILES string of the molecule is Cc1cccc(Oc2cccc(C=C3CCN(C(=O)O)CC3)c2)n1. The molecule has 24 heavy (non-hydrogen) atoms. The molecule has 0 unspecified atom stereocenters. The number of aromatic nitrogens is 1. The van der Waals surface area contributed by atoms with Crippen molar-refractivity contribution in [2.75, 3.05) is 13.1 Å². The van der Waals surface area contributed by atoms with Gasteiger partial charge in [0, 0.05) is 24.8 Å². The van der Waals surface area contributed by atoms with Crippen LogP contribution in [0.4, 0.5) is 4.79 Å². The average molecular weight is 324 g/mol. The monoisotopic (exact) mass is 324 g/mol. The van der Waals surface area contributed by atoms with Gasteiger partial charge in [-0.15, -0.1) is 0 Å². The number of hydrogen-bond acceptors (Lipinski definition) is 3. The van der Waals surface area contributed by atoms with Crippen LogP contribution in [0.1, 0.15) is 24.1 Å². The maximum Gasteiger partial charge on any atom is 0.407 e. The Morgan fingerprint density at radius 1 is 1.21 bits per heavy atom. The Kier molecular flexibility index (Phi) is 4.79. The van der Waals surface area contributed by atoms with Crippen molar-refractivity contribution in [3.05, 3.63) is 59.3 Å². The molecule has 3 rings (SSSR count). The summed E-state index contributed by atoms with van der Waals surface area (Å²) >= 11 is 0. The van der Waals surface area contributed by atoms with Gasteiger partial charge < -0.3 is 14.7 Å². The Bertz CT molecular complexity index is 761. The number of pyridine rings is 1. The zero-order valence-corrected chi connectivity index (χ0v) is 13.6. The van der Waals surface area contributed by atoms with E-state index in [9.17, 15) is 4.79 Å². The van der Waals surface area contributed by atoms with E-state index in [1.54, 1.807) is 0 Å². The third-order valence-corrected chi connectivity index (χ3v) is 3.99. The molecule has 0 atom stereocenters. The summed E-state index contributed by atoms with van der Waals surface area (Å²) in [5, 5.41) is 8.99. The molecule has 0 saturated carbocycles. The first-order chi connectivity index (χ1) is 11.6. The van der Waals surface area contributed by atoms with E-state index in [0.717, 1.165) is 29.8 Å². The summed E-state index contributed by atoms with van der Waals surface area (Å²) in [5.41, 5.74) is 3.23. The fraction of sp³-hybridized carbons (Fsp3) is 0.263. The van der Waals surface area contributed by atoms with Crippen LogP contribution in [0.25, 0.3) is 6.08 Å². The molecule has 124 valence electrons. The average Bonchev–Trinajstić information content (AvgIpc) is 2.56. The van der Waals surface area contributed by atoms with Gasteiger partial charge in [0.25, 0.3) is 0 Å². The highest BCUT2D eigenvalue weighted by Gasteiger charge is 2.17. The lowest BCUT2D eigenvalue weighted by atomic mass is 10.0. The number of carbonyl (C=O) groups is 1. The third kappa shape index (κ3) is 4.13. The zero-order valence-electron chi connectivity index (χ0n) is 13.6. The van der Waals surface area contributed by atoms with Crippen molar-refractivity contribution in [3.63, 3.8) is 0 Å². The highest BCUT2D eigenvalue weighted by atomic mass is 16.5. The minimum atomic E-state index is -0.838. The van der Waals surface area contributed by atoms with Crippen molar-refractivity contribution in [1.29, 1.82) is 0 Å². The third-order valence-electron chi connectivity index (χ3n) is 3.99. The Labute approximate surface area is 141 Å². The van der Waals surface area contributed by atoms with E-state index in [0.29, 0.717) is 19.0 Å². The van der Waals surface area contributed by atoms with Crippen LogP contribution in [0.3, 0.4) is 0 Å². The maximum atomic E-state index is 10.9. The van der Waals surface area contributed by atoms with E-state index < -0.39 is 6.09 Å². The molecular formula is C19H20N2O3. The minimum absolute atomic E-state index is 0.560. The van der Waals surface area contributed by atoms with Gasteiger partial charge in [-0.1, -0.05) is 29.8 Å². The molecule has 0 spiro atoms. The number of piperidine rings is 1. The number of nitrogens with zero attached hydrogens (tertiary/aromatic N) is 2. The van der Waals surface area contributed by atoms with Gasteiger partial charge in [-0.2, -0.15) is 0 Å². The molecule has 1 aliphatic rings. The van der Waals surface area contributed by atoms with Crippen LogP contribution in [0.2, 0.25) is 0 Å². The molecule has 1 N–H and O–H groups in total. The number of ether oxygens (including phenoxy) is 1. The van der Waals surface area contributed by atoms with Crippen LogP contribution in [0.15, 0.2) is 48.0 Å². The molecule has 2 aromatic rings. The summed E-state index contributed by atoms with van der Waals surface area (Å²) < 4.78 is 5.81. The van der Waals surface area contributed by atoms with Crippen LogP contribution in [0.5, 0.6) is 11.6 Å². The lowest BCUT2D eigenvalue weighted by molar-refractivity contribution is 0.142. The van der Waals surface area contributed by atoms with Gasteiger partial charge in [-0.05, 0) is 43.5 Å². The normalized spacial score (nSPS) is 14.4. The second-order valence-electron chi connectivity index (χ2n) is 5.86. The highest BCUT2D eigenvalue weighted by Crippen LogP contribution is 2.24. The second-order valence-corrected chi connectivity index (χ2v) is 5.86. The molecule has 5 nitrogen and oxygen atoms in total. The van der Waals surface area contributed by atoms with Crippen molar-refractivity contribution in [1.82, 2.24) is 9.88 Å². The van der Waals surface area contributed by atoms with Crippen LogP contribution >= 0.6 is 0 Å². The van der Waals surface area contributed by atoms with E-state index in [2.05, 4.69) is 11.1 Å². The molecule has 5 heteroatoms. The molecule has 1 amide bonds. The summed E-state index contributed by atoms with van der Waals surface area (Å²) in [5.74, 6) is 1.32. The number of likely N-dealkylation sites (tertiary alicyclic amines) is 1. The summed E-state index contributed by atoms with van der Waals surface area (Å²) in [6.07, 6.45) is 2.83. The van der Waals surface area contributed by atoms with Gasteiger partial charge in [0.05, 0.1) is 0 Å². The number of amides is 1. The van der Waals surface area contributed by atoms with Crippen molar-refractivity contribution in [2.24, 2.45) is 0 Å². The lowest BCUT2D eigenvalue weighted by Crippen LogP contribution is -2.35. The number of benzene rings is 1. The molecular weight excluding hydrogens is 304 g/mol. The Morgan fingerprint density at radius 3 is 2.67 bits per heavy atom. The lowest BCUT2D eigenvalue weighted by Gasteiger charge is -2.25. The van der Waals surface area contributed by atoms with Crippen molar-refractivity contribution < 1.29 is 14.6 Å². The predicted octanol–water partition coefficient (Wildman–Crippen LogP) is 4.34. The molecule has 1 aliphatic heterocycles. The topological polar surface area (TPSA) is 62.7 Å². The molecule has 1 aromatic carbocycles. The second kappa shape index (κ2) is 7.17. The number of aryl methyl sites for hydroxylation is 1. The van der Waals surface area contributed by atoms with E-state index in [1.165, 1.54) is 10.5 Å². The van der Waals surface area contributed by atoms with Gasteiger partial charge in [-0.3, -0.25) is 0 Å². The Balaban J connectivity index is 1.69. The molecule has 0 aliphatic carbocycles. The Morgan fingerprint density at radius 2 is 1.96 bits per heavy atom. The summed E-state index contributed by atoms with van der Waals surface area (Å²) in [6, 6.07) is 13.5. The van der Waals surface area contributed by atoms with Crippen molar-refractivity contribution in [2.45, 2.75) is 19.8 Å². The first kappa shape index (κ1) is 16.1. The predicted molar refractivity (Wildman–Crippen MR) is 92.3 cm³/mol. The number of rotatable bonds is 3. The summed E-state index contributed by atoms with van der Waals surface area (Å²) in [7, 11) is 0. The maximum absolute atomic E-state index is 10.9. The van der Waals surface area contributed by atoms with E-state index >= 15 is 0 Å². The van der Waals surface area contributed by atoms with Gasteiger partial charge in [-0.25, -0.2) is 9.78 Å². The van der Waals surface area contributed by atoms with Gasteiger partial charge in [0.15, 0.2) is 0 Å². The van der Waals surface area contributed by atoms with Gasteiger partial charge in [0.2, 0.25) is 5.88 Å². The minimum Gasteiger partial charge on any atom is -0.465 e. The van der Waals surface area contributed by atoms with Gasteiger partial charge in [0.1, 0.15) is 5.75 Å². The van der Waals surface area contributed by atoms with Crippen LogP contribution in [-0.4, -0.2) is 34.2 Å². The largest absolute Gasteiger partial charge is 0.465 e. The van der Waals surface area contributed by atoms with Crippen LogP contribution < -0.4 is 4.74 Å². The Hall–Kier alpha value is -2.82. The standard InChI is InChI=1S/C19H20N2O3/c1-14-4-2-7-18(20-14)24-17-6-3-5-16(13-17)12-15-8-10-21(11-9-15)19(22)23/h2-7,12-13H,8-11H2,1H3,(H,22,23). The summed E-state index contributed by atoms with van der Waals surface area (Å²) in [6.45, 7) is 3.05. The van der Waals surface area contributed by atoms with Crippen LogP contribution in [0, 0.1) is 6.92 Å². The number of carboxylic acid groups (broad SMARTS) is 1. The van der Waals surface area contributed by atoms with E-state index in [4.69, 9.17) is 9.84 Å². The quantitative estimate of drug-likeness (QED) is 0.912. The van der Waals surface area contributed by atoms with Crippen LogP contribution in [-0.2, 0) is 0 Å². The van der Waals surface area contributed by atoms with E-state index in [-0.39, 0.29) is 0 Å². The fourth-order valence-electron chi connectivity index (χ4n) is 2.73. The smallest absolute Gasteiger partial charge is 0.407 e. The van der Waals surface area contributed by atoms with E-state index in [1.807, 2.05) is 49.4 Å². The highest BCUT2D eigenvalue weighted by molar-refractivity contribution is 5.65. The molecule has 2 heterocycles. The molecule has 1 fully saturated rings. The molecule has 0 bridgehead atoms. The molecule has 1 aromatic heterocycles. The van der Waals surface area contributed by atoms with Crippen molar-refractivity contribution >= 4 is 12.2 Å². The molecule has 1 saturated heterocycles. The first-order valence-corrected chi connectivity index (χ1v) is 7.99. The first-order valence-electron chi connectivity index (χ1n) is 7.99. The molecule has 0 radical (unpaired) electrons. The zero-order chi connectivity index (χ0) is 16.9. The fourth-order valence-corrected chi connectivity index (χ4v) is 2.73.